The van der Waals surface area contributed by atoms with Gasteiger partial charge in [0.2, 0.25) is 0 Å². The summed E-state index contributed by atoms with van der Waals surface area (Å²) in [6.07, 6.45) is -3.27. The lowest BCUT2D eigenvalue weighted by Crippen LogP contribution is -2.27. The Morgan fingerprint density at radius 3 is 2.59 bits per heavy atom. The van der Waals surface area contributed by atoms with Gasteiger partial charge in [0.25, 0.3) is 11.8 Å². The average molecular weight is 399 g/mol. The standard InChI is InChI=1S/C17H16F3N3O3S/c1-16(2,3)15-21-6-11(27-15)14(25)23-10-5-8(17(18,19)20)4-9-13(10)26-7-12(24)22-9/h4-6H,7H2,1-3H3,(H,22,24)(H,23,25). The van der Waals surface area contributed by atoms with Crippen LogP contribution in [0.1, 0.15) is 41.0 Å². The lowest BCUT2D eigenvalue weighted by Gasteiger charge is -2.22. The Morgan fingerprint density at radius 1 is 1.30 bits per heavy atom. The van der Waals surface area contributed by atoms with E-state index >= 15 is 0 Å². The molecule has 0 bridgehead atoms. The zero-order valence-corrected chi connectivity index (χ0v) is 15.5. The van der Waals surface area contributed by atoms with Gasteiger partial charge in [0.05, 0.1) is 28.1 Å². The van der Waals surface area contributed by atoms with Crippen molar-refractivity contribution in [3.63, 3.8) is 0 Å². The van der Waals surface area contributed by atoms with Crippen molar-refractivity contribution in [2.45, 2.75) is 32.4 Å². The molecule has 0 radical (unpaired) electrons. The molecule has 2 N–H and O–H groups in total. The summed E-state index contributed by atoms with van der Waals surface area (Å²) in [7, 11) is 0. The quantitative estimate of drug-likeness (QED) is 0.799. The number of nitrogens with one attached hydrogen (secondary N) is 2. The van der Waals surface area contributed by atoms with Crippen LogP contribution >= 0.6 is 11.3 Å². The van der Waals surface area contributed by atoms with Gasteiger partial charge in [-0.25, -0.2) is 4.98 Å². The van der Waals surface area contributed by atoms with Crippen LogP contribution in [-0.4, -0.2) is 23.4 Å². The number of carbonyl (C=O) groups is 2. The van der Waals surface area contributed by atoms with E-state index < -0.39 is 23.6 Å². The summed E-state index contributed by atoms with van der Waals surface area (Å²) in [5, 5.41) is 5.48. The number of amides is 2. The molecule has 0 spiro atoms. The number of aromatic nitrogens is 1. The second kappa shape index (κ2) is 6.52. The number of thiazole rings is 1. The molecule has 0 saturated carbocycles. The lowest BCUT2D eigenvalue weighted by atomic mass is 9.98. The topological polar surface area (TPSA) is 80.3 Å². The van der Waals surface area contributed by atoms with Gasteiger partial charge in [0, 0.05) is 5.41 Å². The first kappa shape index (κ1) is 19.2. The fraction of sp³-hybridized carbons (Fsp3) is 0.353. The zero-order valence-electron chi connectivity index (χ0n) is 14.7. The highest BCUT2D eigenvalue weighted by atomic mass is 32.1. The summed E-state index contributed by atoms with van der Waals surface area (Å²) in [5.41, 5.74) is -1.58. The molecule has 27 heavy (non-hydrogen) atoms. The maximum atomic E-state index is 13.2. The largest absolute Gasteiger partial charge is 0.479 e. The van der Waals surface area contributed by atoms with E-state index in [9.17, 15) is 22.8 Å². The van der Waals surface area contributed by atoms with Gasteiger partial charge in [-0.3, -0.25) is 9.59 Å². The van der Waals surface area contributed by atoms with Crippen molar-refractivity contribution in [2.75, 3.05) is 17.2 Å². The van der Waals surface area contributed by atoms with Gasteiger partial charge in [-0.2, -0.15) is 13.2 Å². The van der Waals surface area contributed by atoms with E-state index in [1.54, 1.807) is 0 Å². The molecule has 144 valence electrons. The Labute approximate surface area is 156 Å². The summed E-state index contributed by atoms with van der Waals surface area (Å²) in [6.45, 7) is 5.46. The van der Waals surface area contributed by atoms with Gasteiger partial charge in [0.15, 0.2) is 12.4 Å². The van der Waals surface area contributed by atoms with Gasteiger partial charge >= 0.3 is 6.18 Å². The molecule has 2 heterocycles. The lowest BCUT2D eigenvalue weighted by molar-refractivity contribution is -0.137. The molecule has 1 aromatic carbocycles. The van der Waals surface area contributed by atoms with E-state index in [0.29, 0.717) is 0 Å². The molecule has 2 aromatic rings. The SMILES string of the molecule is CC(C)(C)c1ncc(C(=O)Nc2cc(C(F)(F)F)cc3c2OCC(=O)N3)s1. The zero-order chi connectivity index (χ0) is 20.0. The van der Waals surface area contributed by atoms with Crippen LogP contribution in [0.2, 0.25) is 0 Å². The van der Waals surface area contributed by atoms with Gasteiger partial charge < -0.3 is 15.4 Å². The van der Waals surface area contributed by atoms with E-state index in [1.807, 2.05) is 20.8 Å². The molecule has 3 rings (SSSR count). The molecular formula is C17H16F3N3O3S. The molecule has 10 heteroatoms. The molecule has 1 aliphatic heterocycles. The van der Waals surface area contributed by atoms with Crippen molar-refractivity contribution < 1.29 is 27.5 Å². The van der Waals surface area contributed by atoms with Crippen LogP contribution in [0, 0.1) is 0 Å². The predicted molar refractivity (Wildman–Crippen MR) is 94.3 cm³/mol. The smallest absolute Gasteiger partial charge is 0.416 e. The molecule has 1 aliphatic rings. The van der Waals surface area contributed by atoms with E-state index in [0.717, 1.165) is 28.5 Å². The monoisotopic (exact) mass is 399 g/mol. The highest BCUT2D eigenvalue weighted by Crippen LogP contribution is 2.42. The number of hydrogen-bond donors (Lipinski definition) is 2. The highest BCUT2D eigenvalue weighted by molar-refractivity contribution is 7.13. The minimum Gasteiger partial charge on any atom is -0.479 e. The van der Waals surface area contributed by atoms with Crippen molar-refractivity contribution in [1.82, 2.24) is 4.98 Å². The Hall–Kier alpha value is -2.62. The van der Waals surface area contributed by atoms with Crippen LogP contribution in [0.25, 0.3) is 0 Å². The van der Waals surface area contributed by atoms with E-state index in [4.69, 9.17) is 4.74 Å². The number of rotatable bonds is 2. The van der Waals surface area contributed by atoms with E-state index in [2.05, 4.69) is 15.6 Å². The molecule has 0 fully saturated rings. The van der Waals surface area contributed by atoms with Crippen molar-refractivity contribution >= 4 is 34.5 Å². The fourth-order valence-electron chi connectivity index (χ4n) is 2.37. The van der Waals surface area contributed by atoms with Crippen LogP contribution in [0.5, 0.6) is 5.75 Å². The number of fused-ring (bicyclic) bond motifs is 1. The first-order chi connectivity index (χ1) is 12.4. The Morgan fingerprint density at radius 2 is 2.00 bits per heavy atom. The van der Waals surface area contributed by atoms with Gasteiger partial charge in [-0.1, -0.05) is 20.8 Å². The van der Waals surface area contributed by atoms with Crippen LogP contribution in [0.15, 0.2) is 18.3 Å². The maximum Gasteiger partial charge on any atom is 0.416 e. The molecule has 0 aliphatic carbocycles. The van der Waals surface area contributed by atoms with E-state index in [-0.39, 0.29) is 34.0 Å². The predicted octanol–water partition coefficient (Wildman–Crippen LogP) is 4.04. The average Bonchev–Trinajstić information content (AvgIpc) is 3.03. The third-order valence-electron chi connectivity index (χ3n) is 3.66. The Kier molecular flexibility index (Phi) is 4.62. The number of alkyl halides is 3. The minimum atomic E-state index is -4.65. The molecular weight excluding hydrogens is 383 g/mol. The van der Waals surface area contributed by atoms with Gasteiger partial charge in [0.1, 0.15) is 4.88 Å². The summed E-state index contributed by atoms with van der Waals surface area (Å²) in [4.78, 5) is 28.4. The van der Waals surface area contributed by atoms with Crippen molar-refractivity contribution in [2.24, 2.45) is 0 Å². The van der Waals surface area contributed by atoms with Crippen molar-refractivity contribution in [3.8, 4) is 5.75 Å². The first-order valence-electron chi connectivity index (χ1n) is 7.90. The molecule has 2 amide bonds. The van der Waals surface area contributed by atoms with E-state index in [1.165, 1.54) is 6.20 Å². The molecule has 1 aromatic heterocycles. The van der Waals surface area contributed by atoms with Crippen LogP contribution in [0.4, 0.5) is 24.5 Å². The van der Waals surface area contributed by atoms with Crippen molar-refractivity contribution in [3.05, 3.63) is 33.8 Å². The first-order valence-corrected chi connectivity index (χ1v) is 8.72. The Bertz CT molecular complexity index is 916. The number of benzene rings is 1. The molecule has 6 nitrogen and oxygen atoms in total. The number of nitrogens with zero attached hydrogens (tertiary/aromatic N) is 1. The third kappa shape index (κ3) is 4.05. The molecule has 0 saturated heterocycles. The van der Waals surface area contributed by atoms with Crippen LogP contribution in [0.3, 0.4) is 0 Å². The maximum absolute atomic E-state index is 13.2. The minimum absolute atomic E-state index is 0.0171. The normalized spacial score (nSPS) is 14.2. The summed E-state index contributed by atoms with van der Waals surface area (Å²) in [5.74, 6) is -1.20. The number of carbonyl (C=O) groups excluding carboxylic acids is 2. The fourth-order valence-corrected chi connectivity index (χ4v) is 3.24. The number of halogens is 3. The summed E-state index contributed by atoms with van der Waals surface area (Å²) >= 11 is 1.16. The second-order valence-electron chi connectivity index (χ2n) is 6.97. The van der Waals surface area contributed by atoms with Gasteiger partial charge in [-0.15, -0.1) is 11.3 Å². The van der Waals surface area contributed by atoms with Gasteiger partial charge in [-0.05, 0) is 12.1 Å². The Balaban J connectivity index is 1.96. The van der Waals surface area contributed by atoms with Crippen LogP contribution in [-0.2, 0) is 16.4 Å². The third-order valence-corrected chi connectivity index (χ3v) is 5.08. The van der Waals surface area contributed by atoms with Crippen LogP contribution < -0.4 is 15.4 Å². The number of anilines is 2. The number of hydrogen-bond acceptors (Lipinski definition) is 5. The second-order valence-corrected chi connectivity index (χ2v) is 8.00. The molecule has 0 atom stereocenters. The summed E-state index contributed by atoms with van der Waals surface area (Å²) < 4.78 is 44.7. The molecule has 0 unspecified atom stereocenters. The highest BCUT2D eigenvalue weighted by Gasteiger charge is 2.34. The van der Waals surface area contributed by atoms with Crippen molar-refractivity contribution in [1.29, 1.82) is 0 Å². The number of ether oxygens (including phenoxy) is 1. The summed E-state index contributed by atoms with van der Waals surface area (Å²) in [6, 6.07) is 1.55.